The molecule has 84 valence electrons. The van der Waals surface area contributed by atoms with Crippen LogP contribution < -0.4 is 4.72 Å². The van der Waals surface area contributed by atoms with E-state index in [1.807, 2.05) is 0 Å². The van der Waals surface area contributed by atoms with Crippen molar-refractivity contribution in [1.29, 1.82) is 0 Å². The minimum atomic E-state index is -3.68. The van der Waals surface area contributed by atoms with Crippen molar-refractivity contribution in [3.63, 3.8) is 0 Å². The van der Waals surface area contributed by atoms with Crippen molar-refractivity contribution in [2.45, 2.75) is 4.90 Å². The van der Waals surface area contributed by atoms with E-state index in [0.29, 0.717) is 5.69 Å². The molecule has 0 saturated carbocycles. The maximum Gasteiger partial charge on any atom is 0.262 e. The molecule has 7 heteroatoms. The molecular weight excluding hydrogens is 230 g/mol. The van der Waals surface area contributed by atoms with Gasteiger partial charge in [-0.1, -0.05) is 6.07 Å². The number of rotatable bonds is 3. The van der Waals surface area contributed by atoms with E-state index in [4.69, 9.17) is 0 Å². The molecule has 2 rings (SSSR count). The van der Waals surface area contributed by atoms with Gasteiger partial charge in [-0.15, -0.1) is 0 Å². The molecule has 0 aliphatic rings. The number of aromatic nitrogens is 2. The lowest BCUT2D eigenvalue weighted by atomic mass is 10.3. The maximum absolute atomic E-state index is 11.8. The number of phenolic OH excluding ortho intramolecular Hbond substituents is 1. The van der Waals surface area contributed by atoms with Crippen molar-refractivity contribution in [2.24, 2.45) is 0 Å². The molecular formula is C9H9N3O3S. The van der Waals surface area contributed by atoms with Gasteiger partial charge in [-0.3, -0.25) is 9.82 Å². The molecule has 16 heavy (non-hydrogen) atoms. The highest BCUT2D eigenvalue weighted by atomic mass is 32.2. The van der Waals surface area contributed by atoms with E-state index < -0.39 is 10.0 Å². The second-order valence-corrected chi connectivity index (χ2v) is 4.77. The zero-order chi connectivity index (χ0) is 11.6. The van der Waals surface area contributed by atoms with E-state index in [2.05, 4.69) is 14.9 Å². The monoisotopic (exact) mass is 239 g/mol. The third kappa shape index (κ3) is 2.14. The average Bonchev–Trinajstić information content (AvgIpc) is 2.70. The number of sulfonamides is 1. The van der Waals surface area contributed by atoms with Gasteiger partial charge in [-0.05, 0) is 12.1 Å². The first-order valence-corrected chi connectivity index (χ1v) is 5.87. The summed E-state index contributed by atoms with van der Waals surface area (Å²) in [6, 6.07) is 5.42. The molecule has 0 unspecified atom stereocenters. The zero-order valence-electron chi connectivity index (χ0n) is 8.08. The smallest absolute Gasteiger partial charge is 0.262 e. The first-order valence-electron chi connectivity index (χ1n) is 4.38. The molecule has 0 amide bonds. The van der Waals surface area contributed by atoms with Crippen LogP contribution in [0.15, 0.2) is 41.6 Å². The fraction of sp³-hybridized carbons (Fsp3) is 0. The topological polar surface area (TPSA) is 95.1 Å². The average molecular weight is 239 g/mol. The van der Waals surface area contributed by atoms with Crippen LogP contribution in [0.5, 0.6) is 5.75 Å². The number of H-pyrrole nitrogens is 1. The summed E-state index contributed by atoms with van der Waals surface area (Å²) in [5.74, 6) is -0.102. The minimum Gasteiger partial charge on any atom is -0.508 e. The molecule has 0 aliphatic carbocycles. The molecule has 1 heterocycles. The number of anilines is 1. The van der Waals surface area contributed by atoms with Gasteiger partial charge in [0, 0.05) is 12.3 Å². The quantitative estimate of drug-likeness (QED) is 0.742. The lowest BCUT2D eigenvalue weighted by molar-refractivity contribution is 0.473. The predicted molar refractivity (Wildman–Crippen MR) is 57.5 cm³/mol. The van der Waals surface area contributed by atoms with Crippen LogP contribution in [0.3, 0.4) is 0 Å². The van der Waals surface area contributed by atoms with E-state index in [1.54, 1.807) is 0 Å². The van der Waals surface area contributed by atoms with E-state index in [1.165, 1.54) is 36.7 Å². The molecule has 0 fully saturated rings. The lowest BCUT2D eigenvalue weighted by Gasteiger charge is -2.05. The fourth-order valence-electron chi connectivity index (χ4n) is 1.17. The summed E-state index contributed by atoms with van der Waals surface area (Å²) in [6.45, 7) is 0. The first kappa shape index (κ1) is 10.5. The number of phenols is 1. The molecule has 1 aromatic carbocycles. The summed E-state index contributed by atoms with van der Waals surface area (Å²) in [5.41, 5.74) is 0.336. The Kier molecular flexibility index (Phi) is 2.53. The van der Waals surface area contributed by atoms with Gasteiger partial charge in [0.25, 0.3) is 10.0 Å². The molecule has 0 aliphatic heterocycles. The second kappa shape index (κ2) is 3.86. The molecule has 6 nitrogen and oxygen atoms in total. The van der Waals surface area contributed by atoms with E-state index in [9.17, 15) is 13.5 Å². The van der Waals surface area contributed by atoms with Crippen molar-refractivity contribution in [3.8, 4) is 5.75 Å². The number of hydrogen-bond donors (Lipinski definition) is 3. The minimum absolute atomic E-state index is 0.00583. The molecule has 0 spiro atoms. The molecule has 0 atom stereocenters. The first-order chi connectivity index (χ1) is 7.58. The third-order valence-corrected chi connectivity index (χ3v) is 3.26. The van der Waals surface area contributed by atoms with Crippen molar-refractivity contribution in [1.82, 2.24) is 10.2 Å². The van der Waals surface area contributed by atoms with Gasteiger partial charge in [0.2, 0.25) is 0 Å². The van der Waals surface area contributed by atoms with E-state index >= 15 is 0 Å². The summed E-state index contributed by atoms with van der Waals surface area (Å²) in [4.78, 5) is -0.00583. The van der Waals surface area contributed by atoms with Crippen LogP contribution in [0.25, 0.3) is 0 Å². The molecule has 2 aromatic rings. The Morgan fingerprint density at radius 3 is 2.81 bits per heavy atom. The van der Waals surface area contributed by atoms with Crippen LogP contribution in [0, 0.1) is 0 Å². The number of hydrogen-bond acceptors (Lipinski definition) is 4. The second-order valence-electron chi connectivity index (χ2n) is 3.09. The Morgan fingerprint density at radius 2 is 2.19 bits per heavy atom. The molecule has 3 N–H and O–H groups in total. The number of aromatic hydroxyl groups is 1. The molecule has 1 aromatic heterocycles. The van der Waals surface area contributed by atoms with Gasteiger partial charge in [-0.2, -0.15) is 5.10 Å². The van der Waals surface area contributed by atoms with Gasteiger partial charge in [0.1, 0.15) is 5.75 Å². The summed E-state index contributed by atoms with van der Waals surface area (Å²) in [5, 5.41) is 15.3. The molecule has 0 radical (unpaired) electrons. The maximum atomic E-state index is 11.8. The Morgan fingerprint density at radius 1 is 1.38 bits per heavy atom. The summed E-state index contributed by atoms with van der Waals surface area (Å²) < 4.78 is 25.9. The van der Waals surface area contributed by atoms with Crippen molar-refractivity contribution >= 4 is 15.7 Å². The Labute approximate surface area is 92.0 Å². The van der Waals surface area contributed by atoms with Crippen molar-refractivity contribution in [2.75, 3.05) is 4.72 Å². The highest BCUT2D eigenvalue weighted by Gasteiger charge is 2.14. The van der Waals surface area contributed by atoms with Gasteiger partial charge in [0.15, 0.2) is 0 Å². The zero-order valence-corrected chi connectivity index (χ0v) is 8.90. The van der Waals surface area contributed by atoms with Gasteiger partial charge in [-0.25, -0.2) is 8.42 Å². The van der Waals surface area contributed by atoms with E-state index in [0.717, 1.165) is 0 Å². The van der Waals surface area contributed by atoms with Crippen LogP contribution in [0.1, 0.15) is 0 Å². The highest BCUT2D eigenvalue weighted by Crippen LogP contribution is 2.18. The van der Waals surface area contributed by atoms with Crippen LogP contribution in [-0.2, 0) is 10.0 Å². The number of aromatic amines is 1. The lowest BCUT2D eigenvalue weighted by Crippen LogP contribution is -2.12. The fourth-order valence-corrected chi connectivity index (χ4v) is 2.24. The molecule has 0 saturated heterocycles. The molecule has 0 bridgehead atoms. The number of nitrogens with one attached hydrogen (secondary N) is 2. The van der Waals surface area contributed by atoms with Gasteiger partial charge >= 0.3 is 0 Å². The summed E-state index contributed by atoms with van der Waals surface area (Å²) in [7, 11) is -3.68. The van der Waals surface area contributed by atoms with Crippen LogP contribution in [0.4, 0.5) is 5.69 Å². The Hall–Kier alpha value is -2.02. The SMILES string of the molecule is O=S(=O)(Nc1cn[nH]c1)c1cccc(O)c1. The van der Waals surface area contributed by atoms with Crippen LogP contribution in [0.2, 0.25) is 0 Å². The van der Waals surface area contributed by atoms with Crippen LogP contribution >= 0.6 is 0 Å². The normalized spacial score (nSPS) is 11.2. The third-order valence-electron chi connectivity index (χ3n) is 1.88. The number of nitrogens with zero attached hydrogens (tertiary/aromatic N) is 1. The number of benzene rings is 1. The Balaban J connectivity index is 2.33. The van der Waals surface area contributed by atoms with E-state index in [-0.39, 0.29) is 10.6 Å². The van der Waals surface area contributed by atoms with Crippen LogP contribution in [-0.4, -0.2) is 23.7 Å². The largest absolute Gasteiger partial charge is 0.508 e. The highest BCUT2D eigenvalue weighted by molar-refractivity contribution is 7.92. The van der Waals surface area contributed by atoms with Crippen molar-refractivity contribution < 1.29 is 13.5 Å². The standard InChI is InChI=1S/C9H9N3O3S/c13-8-2-1-3-9(4-8)16(14,15)12-7-5-10-11-6-7/h1-6,12-13H,(H,10,11). The van der Waals surface area contributed by atoms with Gasteiger partial charge in [0.05, 0.1) is 16.8 Å². The predicted octanol–water partition coefficient (Wildman–Crippen LogP) is 0.916. The summed E-state index contributed by atoms with van der Waals surface area (Å²) >= 11 is 0. The summed E-state index contributed by atoms with van der Waals surface area (Å²) in [6.07, 6.45) is 2.76. The van der Waals surface area contributed by atoms with Crippen molar-refractivity contribution in [3.05, 3.63) is 36.7 Å². The Bertz CT molecular complexity index is 578. The van der Waals surface area contributed by atoms with Gasteiger partial charge < -0.3 is 5.11 Å².